The second-order valence-electron chi connectivity index (χ2n) is 10.2. The van der Waals surface area contributed by atoms with Crippen molar-refractivity contribution in [1.82, 2.24) is 10.1 Å². The van der Waals surface area contributed by atoms with Crippen LogP contribution in [0.15, 0.2) is 30.3 Å². The van der Waals surface area contributed by atoms with E-state index in [4.69, 9.17) is 0 Å². The van der Waals surface area contributed by atoms with Gasteiger partial charge in [0.05, 0.1) is 5.56 Å². The number of hydrogen-bond acceptors (Lipinski definition) is 5. The summed E-state index contributed by atoms with van der Waals surface area (Å²) in [7, 11) is 0. The number of piperidine rings is 1. The molecule has 28 heavy (non-hydrogen) atoms. The average molecular weight is 392 g/mol. The maximum Gasteiger partial charge on any atom is 0.313 e. The van der Waals surface area contributed by atoms with Crippen LogP contribution in [0.25, 0.3) is 0 Å². The molecule has 0 amide bonds. The van der Waals surface area contributed by atoms with E-state index in [9.17, 15) is 15.6 Å². The van der Waals surface area contributed by atoms with Gasteiger partial charge < -0.3 is 10.4 Å². The average Bonchev–Trinajstić information content (AvgIpc) is 2.71. The third-order valence-electron chi connectivity index (χ3n) is 6.68. The zero-order valence-electron chi connectivity index (χ0n) is 18.7. The summed E-state index contributed by atoms with van der Waals surface area (Å²) in [5.74, 6) is 0.306. The molecule has 2 N–H and O–H groups in total. The number of amidine groups is 1. The summed E-state index contributed by atoms with van der Waals surface area (Å²) < 4.78 is 0.891. The van der Waals surface area contributed by atoms with Gasteiger partial charge in [-0.3, -0.25) is 4.74 Å². The van der Waals surface area contributed by atoms with E-state index in [1.54, 1.807) is 0 Å². The molecular weight excluding hydrogens is 354 g/mol. The predicted octanol–water partition coefficient (Wildman–Crippen LogP) is 4.62. The van der Waals surface area contributed by atoms with Gasteiger partial charge >= 0.3 is 5.84 Å². The minimum absolute atomic E-state index is 0.0399. The fourth-order valence-corrected chi connectivity index (χ4v) is 3.93. The second-order valence-corrected chi connectivity index (χ2v) is 10.2. The number of hydroxylamine groups is 5. The Morgan fingerprint density at radius 1 is 0.857 bits per heavy atom. The molecule has 0 bridgehead atoms. The van der Waals surface area contributed by atoms with Crippen LogP contribution in [0.1, 0.15) is 80.2 Å². The summed E-state index contributed by atoms with van der Waals surface area (Å²) in [6, 6.07) is 9.22. The molecule has 1 saturated heterocycles. The van der Waals surface area contributed by atoms with Crippen LogP contribution in [0.3, 0.4) is 0 Å². The van der Waals surface area contributed by atoms with Crippen LogP contribution in [-0.4, -0.2) is 53.3 Å². The summed E-state index contributed by atoms with van der Waals surface area (Å²) in [5.41, 5.74) is -0.681. The summed E-state index contributed by atoms with van der Waals surface area (Å²) >= 11 is 0. The topological polar surface area (TPSA) is 73.0 Å². The van der Waals surface area contributed by atoms with E-state index in [2.05, 4.69) is 27.7 Å². The highest BCUT2D eigenvalue weighted by atomic mass is 16.5. The minimum Gasteiger partial charge on any atom is -0.714 e. The van der Waals surface area contributed by atoms with Crippen molar-refractivity contribution in [3.05, 3.63) is 41.1 Å². The SMILES string of the molecule is CC1(C)CCCC(C)(C)N1O.CC1(C)N(O)C(c2ccccc2)=[N+]([O-])C1(C)C. The Morgan fingerprint density at radius 3 is 1.68 bits per heavy atom. The molecule has 1 fully saturated rings. The van der Waals surface area contributed by atoms with E-state index in [0.717, 1.165) is 28.2 Å². The smallest absolute Gasteiger partial charge is 0.313 e. The fourth-order valence-electron chi connectivity index (χ4n) is 3.93. The van der Waals surface area contributed by atoms with Gasteiger partial charge in [-0.25, -0.2) is 5.21 Å². The largest absolute Gasteiger partial charge is 0.714 e. The van der Waals surface area contributed by atoms with Crippen molar-refractivity contribution in [2.75, 3.05) is 0 Å². The predicted molar refractivity (Wildman–Crippen MR) is 112 cm³/mol. The van der Waals surface area contributed by atoms with E-state index in [0.29, 0.717) is 5.84 Å². The number of hydrogen-bond donors (Lipinski definition) is 2. The van der Waals surface area contributed by atoms with Gasteiger partial charge in [-0.2, -0.15) is 5.06 Å². The molecule has 0 aliphatic carbocycles. The molecule has 6 nitrogen and oxygen atoms in total. The number of benzene rings is 1. The monoisotopic (exact) mass is 391 g/mol. The van der Waals surface area contributed by atoms with Crippen molar-refractivity contribution in [3.63, 3.8) is 0 Å². The van der Waals surface area contributed by atoms with Crippen LogP contribution < -0.4 is 0 Å². The lowest BCUT2D eigenvalue weighted by Crippen LogP contribution is -2.56. The summed E-state index contributed by atoms with van der Waals surface area (Å²) in [5, 5.41) is 35.0. The normalized spacial score (nSPS) is 25.3. The molecule has 2 aliphatic rings. The molecule has 6 heteroatoms. The molecule has 0 atom stereocenters. The Bertz CT molecular complexity index is 708. The zero-order valence-corrected chi connectivity index (χ0v) is 18.7. The van der Waals surface area contributed by atoms with Crippen molar-refractivity contribution in [2.45, 2.75) is 96.8 Å². The van der Waals surface area contributed by atoms with E-state index in [-0.39, 0.29) is 11.1 Å². The molecule has 1 aromatic rings. The lowest BCUT2D eigenvalue weighted by Gasteiger charge is -2.48. The van der Waals surface area contributed by atoms with Crippen molar-refractivity contribution in [2.24, 2.45) is 0 Å². The van der Waals surface area contributed by atoms with Gasteiger partial charge in [0, 0.05) is 11.1 Å². The molecule has 158 valence electrons. The quantitative estimate of drug-likeness (QED) is 0.540. The standard InChI is InChI=1S/C13H18N2O2.C9H19NO/c1-12(2)13(3,4)15(17)11(14(12)16)10-8-6-5-7-9-10;1-8(2)6-5-7-9(3,4)10(8)11/h5-9,16H,1-4H3;11H,5-7H2,1-4H3. The van der Waals surface area contributed by atoms with E-state index >= 15 is 0 Å². The Morgan fingerprint density at radius 2 is 1.32 bits per heavy atom. The van der Waals surface area contributed by atoms with Crippen molar-refractivity contribution >= 4 is 5.84 Å². The molecule has 0 radical (unpaired) electrons. The Kier molecular flexibility index (Phi) is 5.92. The van der Waals surface area contributed by atoms with E-state index < -0.39 is 11.1 Å². The van der Waals surface area contributed by atoms with Crippen LogP contribution in [0.2, 0.25) is 0 Å². The zero-order chi connectivity index (χ0) is 21.5. The van der Waals surface area contributed by atoms with Crippen molar-refractivity contribution in [3.8, 4) is 0 Å². The number of rotatable bonds is 1. The molecule has 2 aliphatic heterocycles. The highest BCUT2D eigenvalue weighted by Gasteiger charge is 2.58. The summed E-state index contributed by atoms with van der Waals surface area (Å²) in [6.07, 6.45) is 3.40. The fraction of sp³-hybridized carbons (Fsp3) is 0.682. The van der Waals surface area contributed by atoms with Gasteiger partial charge in [0.25, 0.3) is 0 Å². The molecule has 1 aromatic carbocycles. The van der Waals surface area contributed by atoms with Gasteiger partial charge in [-0.1, -0.05) is 18.2 Å². The van der Waals surface area contributed by atoms with Gasteiger partial charge in [-0.15, -0.1) is 5.06 Å². The highest BCUT2D eigenvalue weighted by molar-refractivity contribution is 5.95. The van der Waals surface area contributed by atoms with E-state index in [1.165, 1.54) is 11.5 Å². The molecule has 0 unspecified atom stereocenters. The first-order chi connectivity index (χ1) is 12.7. The lowest BCUT2D eigenvalue weighted by atomic mass is 9.82. The molecule has 0 spiro atoms. The van der Waals surface area contributed by atoms with Gasteiger partial charge in [0.15, 0.2) is 5.54 Å². The van der Waals surface area contributed by atoms with Gasteiger partial charge in [0.2, 0.25) is 0 Å². The molecule has 0 aromatic heterocycles. The van der Waals surface area contributed by atoms with Crippen LogP contribution in [0.5, 0.6) is 0 Å². The molecule has 0 saturated carbocycles. The maximum atomic E-state index is 12.3. The Balaban J connectivity index is 0.000000221. The van der Waals surface area contributed by atoms with Crippen LogP contribution in [0, 0.1) is 5.21 Å². The Labute approximate surface area is 169 Å². The van der Waals surface area contributed by atoms with Crippen molar-refractivity contribution < 1.29 is 15.2 Å². The summed E-state index contributed by atoms with van der Waals surface area (Å²) in [4.78, 5) is 0. The maximum absolute atomic E-state index is 12.3. The Hall–Kier alpha value is -1.63. The molecular formula is C22H37N3O3. The first-order valence-electron chi connectivity index (χ1n) is 10.0. The minimum atomic E-state index is -0.688. The van der Waals surface area contributed by atoms with Crippen LogP contribution >= 0.6 is 0 Å². The van der Waals surface area contributed by atoms with Gasteiger partial charge in [-0.05, 0) is 86.8 Å². The first-order valence-corrected chi connectivity index (χ1v) is 10.0. The first kappa shape index (κ1) is 22.7. The third-order valence-corrected chi connectivity index (χ3v) is 6.68. The summed E-state index contributed by atoms with van der Waals surface area (Å²) in [6.45, 7) is 15.7. The van der Waals surface area contributed by atoms with Crippen LogP contribution in [-0.2, 0) is 0 Å². The van der Waals surface area contributed by atoms with Crippen LogP contribution in [0.4, 0.5) is 0 Å². The van der Waals surface area contributed by atoms with E-state index in [1.807, 2.05) is 58.0 Å². The molecule has 2 heterocycles. The van der Waals surface area contributed by atoms with Gasteiger partial charge in [0.1, 0.15) is 5.54 Å². The molecule has 3 rings (SSSR count). The third kappa shape index (κ3) is 3.78. The second kappa shape index (κ2) is 7.32. The lowest BCUT2D eigenvalue weighted by molar-refractivity contribution is -0.539. The number of nitrogens with zero attached hydrogens (tertiary/aromatic N) is 3. The highest BCUT2D eigenvalue weighted by Crippen LogP contribution is 2.37. The van der Waals surface area contributed by atoms with Crippen molar-refractivity contribution in [1.29, 1.82) is 0 Å².